The van der Waals surface area contributed by atoms with E-state index < -0.39 is 15.3 Å². The van der Waals surface area contributed by atoms with Gasteiger partial charge in [-0.25, -0.2) is 13.6 Å². The number of nitrogens with two attached hydrogens (primary N) is 2. The summed E-state index contributed by atoms with van der Waals surface area (Å²) in [5.74, 6) is 0. The van der Waals surface area contributed by atoms with Crippen LogP contribution >= 0.6 is 0 Å². The maximum absolute atomic E-state index is 10.5. The summed E-state index contributed by atoms with van der Waals surface area (Å²) in [6.45, 7) is 0. The number of primary sulfonamides is 1. The molecular weight excluding hydrogens is 140 g/mol. The van der Waals surface area contributed by atoms with Crippen LogP contribution in [-0.2, 0) is 10.0 Å². The zero-order valence-corrected chi connectivity index (χ0v) is 5.76. The Morgan fingerprint density at radius 3 is 1.89 bits per heavy atom. The van der Waals surface area contributed by atoms with E-state index in [0.29, 0.717) is 6.42 Å². The molecule has 0 aromatic rings. The minimum absolute atomic E-state index is 0.222. The molecule has 1 fully saturated rings. The average molecular weight is 150 g/mol. The van der Waals surface area contributed by atoms with E-state index in [1.807, 2.05) is 0 Å². The third-order valence-corrected chi connectivity index (χ3v) is 3.11. The van der Waals surface area contributed by atoms with Crippen molar-refractivity contribution < 1.29 is 8.42 Å². The summed E-state index contributed by atoms with van der Waals surface area (Å²) in [5, 5.41) is 4.35. The SMILES string of the molecule is N[C@@H]1CC[C@H]1S(N)(=O)=O. The van der Waals surface area contributed by atoms with Crippen LogP contribution in [0.25, 0.3) is 0 Å². The number of hydrogen-bond donors (Lipinski definition) is 2. The minimum Gasteiger partial charge on any atom is -0.326 e. The molecule has 0 aliphatic heterocycles. The van der Waals surface area contributed by atoms with Gasteiger partial charge in [0.25, 0.3) is 0 Å². The topological polar surface area (TPSA) is 86.2 Å². The fraction of sp³-hybridized carbons (Fsp3) is 1.00. The second-order valence-corrected chi connectivity index (χ2v) is 4.15. The molecule has 0 heterocycles. The van der Waals surface area contributed by atoms with E-state index in [-0.39, 0.29) is 6.04 Å². The van der Waals surface area contributed by atoms with Crippen molar-refractivity contribution in [3.63, 3.8) is 0 Å². The minimum atomic E-state index is -3.34. The third kappa shape index (κ3) is 1.23. The second kappa shape index (κ2) is 1.93. The van der Waals surface area contributed by atoms with E-state index >= 15 is 0 Å². The van der Waals surface area contributed by atoms with Crippen molar-refractivity contribution in [3.8, 4) is 0 Å². The maximum atomic E-state index is 10.5. The monoisotopic (exact) mass is 150 g/mol. The molecule has 9 heavy (non-hydrogen) atoms. The quantitative estimate of drug-likeness (QED) is 0.490. The molecule has 0 aromatic heterocycles. The summed E-state index contributed by atoms with van der Waals surface area (Å²) in [5.41, 5.74) is 5.35. The van der Waals surface area contributed by atoms with Gasteiger partial charge in [0.2, 0.25) is 10.0 Å². The van der Waals surface area contributed by atoms with Crippen LogP contribution < -0.4 is 10.9 Å². The number of rotatable bonds is 1. The normalized spacial score (nSPS) is 35.8. The summed E-state index contributed by atoms with van der Waals surface area (Å²) in [6, 6.07) is -0.222. The standard InChI is InChI=1S/C4H10N2O2S/c5-3-1-2-4(3)9(6,7)8/h3-4H,1-2,5H2,(H2,6,7,8)/t3-,4-/m1/s1. The number of hydrogen-bond acceptors (Lipinski definition) is 3. The summed E-state index contributed by atoms with van der Waals surface area (Å²) in [6.07, 6.45) is 1.40. The van der Waals surface area contributed by atoms with Gasteiger partial charge in [-0.2, -0.15) is 0 Å². The lowest BCUT2D eigenvalue weighted by molar-refractivity contribution is 0.409. The van der Waals surface area contributed by atoms with Crippen molar-refractivity contribution in [1.82, 2.24) is 0 Å². The summed E-state index contributed by atoms with van der Waals surface area (Å²) < 4.78 is 21.0. The van der Waals surface area contributed by atoms with Gasteiger partial charge in [-0.05, 0) is 12.8 Å². The lowest BCUT2D eigenvalue weighted by Gasteiger charge is -2.30. The number of sulfonamides is 1. The molecule has 54 valence electrons. The van der Waals surface area contributed by atoms with Crippen LogP contribution in [0.4, 0.5) is 0 Å². The van der Waals surface area contributed by atoms with Gasteiger partial charge in [0.1, 0.15) is 0 Å². The Hall–Kier alpha value is -0.130. The van der Waals surface area contributed by atoms with Crippen molar-refractivity contribution >= 4 is 10.0 Å². The zero-order valence-electron chi connectivity index (χ0n) is 4.95. The Bertz CT molecular complexity index is 199. The lowest BCUT2D eigenvalue weighted by atomic mass is 9.93. The molecule has 1 aliphatic carbocycles. The first-order valence-corrected chi connectivity index (χ1v) is 4.40. The molecule has 0 amide bonds. The fourth-order valence-corrected chi connectivity index (χ4v) is 1.99. The highest BCUT2D eigenvalue weighted by Gasteiger charge is 2.36. The molecule has 4 nitrogen and oxygen atoms in total. The molecule has 0 bridgehead atoms. The molecule has 1 saturated carbocycles. The van der Waals surface area contributed by atoms with E-state index in [4.69, 9.17) is 10.9 Å². The van der Waals surface area contributed by atoms with E-state index in [9.17, 15) is 8.42 Å². The van der Waals surface area contributed by atoms with Gasteiger partial charge in [-0.1, -0.05) is 0 Å². The predicted octanol–water partition coefficient (Wildman–Crippen LogP) is -1.24. The Morgan fingerprint density at radius 2 is 1.89 bits per heavy atom. The van der Waals surface area contributed by atoms with Crippen LogP contribution in [0.5, 0.6) is 0 Å². The Kier molecular flexibility index (Phi) is 1.50. The predicted molar refractivity (Wildman–Crippen MR) is 34.1 cm³/mol. The Balaban J connectivity index is 2.66. The largest absolute Gasteiger partial charge is 0.326 e. The average Bonchev–Trinajstić information content (AvgIpc) is 1.57. The van der Waals surface area contributed by atoms with E-state index in [1.165, 1.54) is 0 Å². The van der Waals surface area contributed by atoms with Crippen molar-refractivity contribution in [1.29, 1.82) is 0 Å². The van der Waals surface area contributed by atoms with E-state index in [0.717, 1.165) is 6.42 Å². The van der Waals surface area contributed by atoms with Gasteiger partial charge in [-0.15, -0.1) is 0 Å². The summed E-state index contributed by atoms with van der Waals surface area (Å²) in [4.78, 5) is 0. The molecule has 0 saturated heterocycles. The molecule has 1 aliphatic rings. The van der Waals surface area contributed by atoms with Crippen molar-refractivity contribution in [2.24, 2.45) is 10.9 Å². The van der Waals surface area contributed by atoms with Crippen LogP contribution in [0.3, 0.4) is 0 Å². The maximum Gasteiger partial charge on any atom is 0.213 e. The first kappa shape index (κ1) is 6.98. The van der Waals surface area contributed by atoms with E-state index in [2.05, 4.69) is 0 Å². The molecule has 0 aromatic carbocycles. The van der Waals surface area contributed by atoms with Crippen LogP contribution in [0.1, 0.15) is 12.8 Å². The molecule has 4 N–H and O–H groups in total. The molecule has 0 radical (unpaired) electrons. The Morgan fingerprint density at radius 1 is 1.33 bits per heavy atom. The smallest absolute Gasteiger partial charge is 0.213 e. The molecule has 1 rings (SSSR count). The third-order valence-electron chi connectivity index (χ3n) is 1.68. The van der Waals surface area contributed by atoms with Crippen molar-refractivity contribution in [2.45, 2.75) is 24.1 Å². The fourth-order valence-electron chi connectivity index (χ4n) is 0.903. The molecule has 2 atom stereocenters. The first-order valence-electron chi connectivity index (χ1n) is 2.79. The molecule has 0 unspecified atom stereocenters. The highest BCUT2D eigenvalue weighted by molar-refractivity contribution is 7.89. The van der Waals surface area contributed by atoms with Crippen molar-refractivity contribution in [2.75, 3.05) is 0 Å². The molecular formula is C4H10N2O2S. The highest BCUT2D eigenvalue weighted by Crippen LogP contribution is 2.22. The van der Waals surface area contributed by atoms with Gasteiger partial charge in [0, 0.05) is 6.04 Å². The first-order chi connectivity index (χ1) is 4.02. The van der Waals surface area contributed by atoms with E-state index in [1.54, 1.807) is 0 Å². The van der Waals surface area contributed by atoms with Gasteiger partial charge in [0.05, 0.1) is 5.25 Å². The van der Waals surface area contributed by atoms with Gasteiger partial charge in [-0.3, -0.25) is 0 Å². The summed E-state index contributed by atoms with van der Waals surface area (Å²) in [7, 11) is -3.34. The summed E-state index contributed by atoms with van der Waals surface area (Å²) >= 11 is 0. The Labute approximate surface area is 54.3 Å². The van der Waals surface area contributed by atoms with Gasteiger partial charge in [0.15, 0.2) is 0 Å². The van der Waals surface area contributed by atoms with Crippen molar-refractivity contribution in [3.05, 3.63) is 0 Å². The van der Waals surface area contributed by atoms with Gasteiger partial charge < -0.3 is 5.73 Å². The van der Waals surface area contributed by atoms with Crippen LogP contribution in [0.15, 0.2) is 0 Å². The van der Waals surface area contributed by atoms with Gasteiger partial charge >= 0.3 is 0 Å². The zero-order chi connectivity index (χ0) is 7.07. The lowest BCUT2D eigenvalue weighted by Crippen LogP contribution is -2.51. The highest BCUT2D eigenvalue weighted by atomic mass is 32.2. The molecule has 0 spiro atoms. The second-order valence-electron chi connectivity index (χ2n) is 2.37. The van der Waals surface area contributed by atoms with Crippen LogP contribution in [0.2, 0.25) is 0 Å². The van der Waals surface area contributed by atoms with Crippen LogP contribution in [-0.4, -0.2) is 19.7 Å². The van der Waals surface area contributed by atoms with Crippen LogP contribution in [0, 0.1) is 0 Å². The molecule has 5 heteroatoms.